The summed E-state index contributed by atoms with van der Waals surface area (Å²) in [7, 11) is 0. The van der Waals surface area contributed by atoms with E-state index in [0.29, 0.717) is 25.0 Å². The molecule has 0 atom stereocenters. The van der Waals surface area contributed by atoms with Gasteiger partial charge in [-0.25, -0.2) is 0 Å². The van der Waals surface area contributed by atoms with Crippen molar-refractivity contribution in [2.45, 2.75) is 73.1 Å². The van der Waals surface area contributed by atoms with Crippen molar-refractivity contribution < 1.29 is 14.6 Å². The number of allylic oxidation sites excluding steroid dienone is 2. The third-order valence-corrected chi connectivity index (χ3v) is 4.40. The van der Waals surface area contributed by atoms with Gasteiger partial charge in [-0.1, -0.05) is 46.8 Å². The Morgan fingerprint density at radius 1 is 1.04 bits per heavy atom. The molecule has 0 heterocycles. The highest BCUT2D eigenvalue weighted by Crippen LogP contribution is 2.36. The van der Waals surface area contributed by atoms with Crippen molar-refractivity contribution in [1.82, 2.24) is 0 Å². The molecule has 0 aliphatic carbocycles. The molecule has 3 heteroatoms. The average Bonchev–Trinajstić information content (AvgIpc) is 2.48. The Bertz CT molecular complexity index is 601. The van der Waals surface area contributed by atoms with E-state index >= 15 is 0 Å². The van der Waals surface area contributed by atoms with Gasteiger partial charge >= 0.3 is 0 Å². The minimum Gasteiger partial charge on any atom is -0.512 e. The zero-order valence-corrected chi connectivity index (χ0v) is 16.9. The highest BCUT2D eigenvalue weighted by atomic mass is 16.5. The van der Waals surface area contributed by atoms with Crippen molar-refractivity contribution in [3.05, 3.63) is 41.2 Å². The maximum atomic E-state index is 11.2. The monoisotopic (exact) mass is 346 g/mol. The first-order valence-corrected chi connectivity index (χ1v) is 9.05. The number of ether oxygens (including phenoxy) is 1. The SMILES string of the molecule is CC(=O)/C(C)=C(\O)CCCOc1ccc(C(C)(C)CC(C)(C)C)cc1. The maximum Gasteiger partial charge on any atom is 0.158 e. The fourth-order valence-corrected chi connectivity index (χ4v) is 3.25. The second-order valence-corrected chi connectivity index (χ2v) is 8.73. The predicted molar refractivity (Wildman–Crippen MR) is 104 cm³/mol. The number of Topliss-reactive ketones (excluding diaryl/α,β-unsaturated/α-hetero) is 1. The summed E-state index contributed by atoms with van der Waals surface area (Å²) in [5, 5.41) is 9.81. The molecule has 1 rings (SSSR count). The molecule has 0 spiro atoms. The van der Waals surface area contributed by atoms with E-state index in [9.17, 15) is 9.90 Å². The standard InChI is InChI=1S/C22H34O3/c1-16(17(2)23)20(24)9-8-14-25-19-12-10-18(11-13-19)22(6,7)15-21(3,4)5/h10-13,24H,8-9,14-15H2,1-7H3/b20-16-. The Hall–Kier alpha value is -1.77. The summed E-state index contributed by atoms with van der Waals surface area (Å²) in [4.78, 5) is 11.2. The first kappa shape index (κ1) is 21.3. The zero-order valence-electron chi connectivity index (χ0n) is 16.9. The predicted octanol–water partition coefficient (Wildman–Crippen LogP) is 5.98. The van der Waals surface area contributed by atoms with Gasteiger partial charge in [0.25, 0.3) is 0 Å². The highest BCUT2D eigenvalue weighted by Gasteiger charge is 2.27. The van der Waals surface area contributed by atoms with E-state index in [1.165, 1.54) is 12.5 Å². The summed E-state index contributed by atoms with van der Waals surface area (Å²) in [5.41, 5.74) is 2.15. The molecule has 0 aromatic heterocycles. The average molecular weight is 347 g/mol. The zero-order chi connectivity index (χ0) is 19.3. The fraction of sp³-hybridized carbons (Fsp3) is 0.591. The highest BCUT2D eigenvalue weighted by molar-refractivity contribution is 5.92. The van der Waals surface area contributed by atoms with Crippen molar-refractivity contribution in [3.8, 4) is 5.75 Å². The molecule has 0 amide bonds. The van der Waals surface area contributed by atoms with Crippen LogP contribution < -0.4 is 4.74 Å². The summed E-state index contributed by atoms with van der Waals surface area (Å²) in [6.07, 6.45) is 2.25. The summed E-state index contributed by atoms with van der Waals surface area (Å²) in [6.45, 7) is 15.0. The molecule has 0 bridgehead atoms. The van der Waals surface area contributed by atoms with Gasteiger partial charge in [0.05, 0.1) is 12.4 Å². The van der Waals surface area contributed by atoms with Gasteiger partial charge in [0.15, 0.2) is 5.78 Å². The molecule has 0 aliphatic heterocycles. The molecule has 1 aromatic carbocycles. The summed E-state index contributed by atoms with van der Waals surface area (Å²) < 4.78 is 5.75. The second kappa shape index (κ2) is 8.55. The Balaban J connectivity index is 2.55. The molecule has 3 nitrogen and oxygen atoms in total. The number of hydrogen-bond acceptors (Lipinski definition) is 3. The first-order chi connectivity index (χ1) is 11.4. The minimum absolute atomic E-state index is 0.0909. The van der Waals surface area contributed by atoms with Gasteiger partial charge < -0.3 is 9.84 Å². The molecule has 1 aromatic rings. The molecule has 0 radical (unpaired) electrons. The lowest BCUT2D eigenvalue weighted by atomic mass is 9.72. The normalized spacial score (nSPS) is 13.4. The van der Waals surface area contributed by atoms with Crippen LogP contribution in [0.3, 0.4) is 0 Å². The second-order valence-electron chi connectivity index (χ2n) is 8.73. The summed E-state index contributed by atoms with van der Waals surface area (Å²) >= 11 is 0. The number of aliphatic hydroxyl groups excluding tert-OH is 1. The molecule has 0 fully saturated rings. The number of carbonyl (C=O) groups is 1. The summed E-state index contributed by atoms with van der Waals surface area (Å²) in [5.74, 6) is 0.907. The van der Waals surface area contributed by atoms with E-state index in [4.69, 9.17) is 4.74 Å². The molecule has 1 N–H and O–H groups in total. The minimum atomic E-state index is -0.0909. The summed E-state index contributed by atoms with van der Waals surface area (Å²) in [6, 6.07) is 8.29. The van der Waals surface area contributed by atoms with Crippen molar-refractivity contribution in [3.63, 3.8) is 0 Å². The molecular weight excluding hydrogens is 312 g/mol. The number of rotatable bonds is 8. The van der Waals surface area contributed by atoms with Crippen LogP contribution >= 0.6 is 0 Å². The lowest BCUT2D eigenvalue weighted by Crippen LogP contribution is -2.24. The van der Waals surface area contributed by atoms with E-state index in [2.05, 4.69) is 46.8 Å². The van der Waals surface area contributed by atoms with Crippen LogP contribution in [0.5, 0.6) is 5.75 Å². The quantitative estimate of drug-likeness (QED) is 0.358. The lowest BCUT2D eigenvalue weighted by molar-refractivity contribution is -0.113. The fourth-order valence-electron chi connectivity index (χ4n) is 3.25. The Labute approximate surface area is 153 Å². The van der Waals surface area contributed by atoms with Crippen LogP contribution in [0.15, 0.2) is 35.6 Å². The van der Waals surface area contributed by atoms with Crippen LogP contribution in [0.2, 0.25) is 0 Å². The van der Waals surface area contributed by atoms with Gasteiger partial charge in [-0.05, 0) is 55.2 Å². The molecule has 0 unspecified atom stereocenters. The van der Waals surface area contributed by atoms with Crippen molar-refractivity contribution in [2.24, 2.45) is 5.41 Å². The molecule has 0 saturated heterocycles. The van der Waals surface area contributed by atoms with Crippen molar-refractivity contribution >= 4 is 5.78 Å². The van der Waals surface area contributed by atoms with Gasteiger partial charge in [0.1, 0.15) is 5.75 Å². The van der Waals surface area contributed by atoms with Gasteiger partial charge in [0.2, 0.25) is 0 Å². The Morgan fingerprint density at radius 3 is 2.08 bits per heavy atom. The Kier molecular flexibility index (Phi) is 7.28. The van der Waals surface area contributed by atoms with Crippen molar-refractivity contribution in [2.75, 3.05) is 6.61 Å². The number of aliphatic hydroxyl groups is 1. The van der Waals surface area contributed by atoms with E-state index in [1.807, 2.05) is 12.1 Å². The third kappa shape index (κ3) is 7.33. The van der Waals surface area contributed by atoms with Gasteiger partial charge in [-0.15, -0.1) is 0 Å². The van der Waals surface area contributed by atoms with Gasteiger partial charge in [-0.3, -0.25) is 4.79 Å². The van der Waals surface area contributed by atoms with Crippen LogP contribution in [0, 0.1) is 5.41 Å². The lowest BCUT2D eigenvalue weighted by Gasteiger charge is -2.33. The van der Waals surface area contributed by atoms with Crippen molar-refractivity contribution in [1.29, 1.82) is 0 Å². The molecule has 140 valence electrons. The molecule has 0 aliphatic rings. The van der Waals surface area contributed by atoms with E-state index in [1.54, 1.807) is 6.92 Å². The topological polar surface area (TPSA) is 46.5 Å². The van der Waals surface area contributed by atoms with Crippen LogP contribution in [-0.4, -0.2) is 17.5 Å². The maximum absolute atomic E-state index is 11.2. The smallest absolute Gasteiger partial charge is 0.158 e. The van der Waals surface area contributed by atoms with E-state index < -0.39 is 0 Å². The molecular formula is C22H34O3. The number of carbonyl (C=O) groups excluding carboxylic acids is 1. The molecule has 25 heavy (non-hydrogen) atoms. The number of ketones is 1. The van der Waals surface area contributed by atoms with Crippen LogP contribution in [0.1, 0.15) is 73.3 Å². The molecule has 0 saturated carbocycles. The van der Waals surface area contributed by atoms with Gasteiger partial charge in [0, 0.05) is 12.0 Å². The van der Waals surface area contributed by atoms with Crippen LogP contribution in [0.4, 0.5) is 0 Å². The van der Waals surface area contributed by atoms with Gasteiger partial charge in [-0.2, -0.15) is 0 Å². The number of benzene rings is 1. The van der Waals surface area contributed by atoms with E-state index in [0.717, 1.165) is 12.2 Å². The third-order valence-electron chi connectivity index (χ3n) is 4.40. The Morgan fingerprint density at radius 2 is 1.60 bits per heavy atom. The van der Waals surface area contributed by atoms with Crippen LogP contribution in [0.25, 0.3) is 0 Å². The van der Waals surface area contributed by atoms with Crippen LogP contribution in [-0.2, 0) is 10.2 Å². The number of hydrogen-bond donors (Lipinski definition) is 1. The largest absolute Gasteiger partial charge is 0.512 e. The van der Waals surface area contributed by atoms with E-state index in [-0.39, 0.29) is 22.4 Å². The first-order valence-electron chi connectivity index (χ1n) is 9.05.